The van der Waals surface area contributed by atoms with Crippen LogP contribution < -0.4 is 4.53 Å². The van der Waals surface area contributed by atoms with Gasteiger partial charge < -0.3 is 0 Å². The van der Waals surface area contributed by atoms with Crippen LogP contribution in [-0.2, 0) is 19.5 Å². The molecule has 0 unspecified atom stereocenters. The fourth-order valence-corrected chi connectivity index (χ4v) is 2.06. The molecule has 2 rings (SSSR count). The third kappa shape index (κ3) is 2.55. The summed E-state index contributed by atoms with van der Waals surface area (Å²) in [5, 5.41) is 4.44. The van der Waals surface area contributed by atoms with E-state index in [0.29, 0.717) is 0 Å². The Labute approximate surface area is 103 Å². The molecule has 2 aromatic rings. The predicted molar refractivity (Wildman–Crippen MR) is 53.7 cm³/mol. The van der Waals surface area contributed by atoms with Gasteiger partial charge in [-0.05, 0) is 0 Å². The molecule has 0 atom stereocenters. The van der Waals surface area contributed by atoms with E-state index in [9.17, 15) is 0 Å². The fourth-order valence-electron chi connectivity index (χ4n) is 1.12. The zero-order chi connectivity index (χ0) is 9.10. The van der Waals surface area contributed by atoms with Crippen molar-refractivity contribution < 1.29 is 19.5 Å². The first-order valence-electron chi connectivity index (χ1n) is 4.10. The number of benzene rings is 1. The van der Waals surface area contributed by atoms with Gasteiger partial charge in [0, 0.05) is 19.5 Å². The predicted octanol–water partition coefficient (Wildman–Crippen LogP) is 1.05. The molecule has 73 valence electrons. The molecule has 0 fully saturated rings. The molecule has 3 radical (unpaired) electrons. The Hall–Kier alpha value is -0.404. The van der Waals surface area contributed by atoms with E-state index in [1.54, 1.807) is 0 Å². The van der Waals surface area contributed by atoms with Crippen molar-refractivity contribution in [3.63, 3.8) is 0 Å². The van der Waals surface area contributed by atoms with Crippen molar-refractivity contribution in [3.8, 4) is 5.69 Å². The van der Waals surface area contributed by atoms with Crippen LogP contribution in [0.25, 0.3) is 5.69 Å². The van der Waals surface area contributed by atoms with Crippen molar-refractivity contribution in [1.82, 2.24) is 9.78 Å². The van der Waals surface area contributed by atoms with Gasteiger partial charge in [0.2, 0.25) is 0 Å². The molecule has 0 saturated carbocycles. The van der Waals surface area contributed by atoms with Crippen LogP contribution in [0.2, 0.25) is 5.76 Å². The van der Waals surface area contributed by atoms with E-state index >= 15 is 0 Å². The van der Waals surface area contributed by atoms with E-state index in [2.05, 4.69) is 23.0 Å². The van der Waals surface area contributed by atoms with Crippen molar-refractivity contribution in [2.24, 2.45) is 0 Å². The summed E-state index contributed by atoms with van der Waals surface area (Å²) >= 11 is -0.0276. The third-order valence-corrected chi connectivity index (χ3v) is 3.42. The third-order valence-electron chi connectivity index (χ3n) is 1.78. The van der Waals surface area contributed by atoms with Crippen LogP contribution in [0, 0.1) is 6.07 Å². The van der Waals surface area contributed by atoms with Crippen molar-refractivity contribution >= 4 is 20.0 Å². The second-order valence-corrected chi connectivity index (χ2v) is 4.77. The molecule has 1 aromatic heterocycles. The summed E-state index contributed by atoms with van der Waals surface area (Å²) in [5.74, 6) is 2.22. The van der Waals surface area contributed by atoms with Gasteiger partial charge in [0.1, 0.15) is 0 Å². The summed E-state index contributed by atoms with van der Waals surface area (Å²) in [6.07, 6.45) is 1.99. The van der Waals surface area contributed by atoms with E-state index in [1.165, 1.54) is 4.53 Å². The summed E-state index contributed by atoms with van der Waals surface area (Å²) in [6.45, 7) is 0. The van der Waals surface area contributed by atoms with E-state index in [1.807, 2.05) is 35.1 Å². The second-order valence-electron chi connectivity index (χ2n) is 2.64. The van der Waals surface area contributed by atoms with Gasteiger partial charge >= 0.3 is 83.8 Å². The van der Waals surface area contributed by atoms with Gasteiger partial charge in [-0.3, -0.25) is 0 Å². The van der Waals surface area contributed by atoms with E-state index in [4.69, 9.17) is 0 Å². The molecule has 0 aliphatic carbocycles. The summed E-state index contributed by atoms with van der Waals surface area (Å²) in [5.41, 5.74) is 1.01. The average Bonchev–Trinajstić information content (AvgIpc) is 2.67. The van der Waals surface area contributed by atoms with Gasteiger partial charge in [-0.1, -0.05) is 0 Å². The first-order valence-corrected chi connectivity index (χ1v) is 7.25. The summed E-state index contributed by atoms with van der Waals surface area (Å²) < 4.78 is 3.11. The number of nitrogens with zero attached hydrogens (tertiary/aromatic N) is 2. The first kappa shape index (κ1) is 11.7. The van der Waals surface area contributed by atoms with Gasteiger partial charge in [-0.25, -0.2) is 0 Å². The van der Waals surface area contributed by atoms with Crippen LogP contribution >= 0.6 is 0 Å². The van der Waals surface area contributed by atoms with Gasteiger partial charge in [0.05, 0.1) is 0 Å². The normalized spacial score (nSPS) is 9.50. The maximum Gasteiger partial charge on any atom is 0 e. The minimum atomic E-state index is -0.0276. The van der Waals surface area contributed by atoms with Gasteiger partial charge in [0.25, 0.3) is 0 Å². The van der Waals surface area contributed by atoms with Crippen molar-refractivity contribution in [3.05, 3.63) is 42.6 Å². The zero-order valence-corrected chi connectivity index (χ0v) is 11.4. The summed E-state index contributed by atoms with van der Waals surface area (Å²) in [4.78, 5) is 0. The van der Waals surface area contributed by atoms with Gasteiger partial charge in [-0.15, -0.1) is 0 Å². The largest absolute Gasteiger partial charge is 0 e. The summed E-state index contributed by atoms with van der Waals surface area (Å²) in [6, 6.07) is 13.1. The summed E-state index contributed by atoms with van der Waals surface area (Å²) in [7, 11) is 0. The minimum Gasteiger partial charge on any atom is 0 e. The quantitative estimate of drug-likeness (QED) is 0.594. The van der Waals surface area contributed by atoms with Crippen LogP contribution in [0.15, 0.2) is 36.5 Å². The Morgan fingerprint density at radius 2 is 2.21 bits per heavy atom. The molecule has 0 spiro atoms. The van der Waals surface area contributed by atoms with Crippen LogP contribution in [0.4, 0.5) is 0 Å². The average molecular weight is 333 g/mol. The zero-order valence-electron chi connectivity index (χ0n) is 7.69. The first-order chi connectivity index (χ1) is 6.40. The molecule has 0 aliphatic heterocycles. The number of hydrogen-bond acceptors (Lipinski definition) is 1. The molecule has 0 bridgehead atoms. The van der Waals surface area contributed by atoms with Crippen molar-refractivity contribution in [1.29, 1.82) is 0 Å². The van der Waals surface area contributed by atoms with Crippen LogP contribution in [0.3, 0.4) is 0 Å². The Bertz CT molecular complexity index is 386. The van der Waals surface area contributed by atoms with Gasteiger partial charge in [0.15, 0.2) is 0 Å². The molecular weight excluding hydrogens is 324 g/mol. The van der Waals surface area contributed by atoms with E-state index < -0.39 is 0 Å². The molecule has 14 heavy (non-hydrogen) atoms. The number of hydrogen-bond donors (Lipinski definition) is 0. The molecule has 2 nitrogen and oxygen atoms in total. The maximum atomic E-state index is 4.44. The van der Waals surface area contributed by atoms with Crippen molar-refractivity contribution in [2.75, 3.05) is 0 Å². The van der Waals surface area contributed by atoms with Crippen LogP contribution in [-0.4, -0.2) is 25.2 Å². The smallest absolute Gasteiger partial charge is 0 e. The Morgan fingerprint density at radius 1 is 1.36 bits per heavy atom. The number of aromatic nitrogens is 2. The number of rotatable bonds is 2. The second kappa shape index (κ2) is 5.47. The molecule has 0 amide bonds. The number of para-hydroxylation sites is 1. The monoisotopic (exact) mass is 334 g/mol. The topological polar surface area (TPSA) is 17.8 Å². The Balaban J connectivity index is 0.000000980. The molecule has 0 aliphatic rings. The van der Waals surface area contributed by atoms with E-state index in [-0.39, 0.29) is 34.9 Å². The van der Waals surface area contributed by atoms with Crippen LogP contribution in [0.1, 0.15) is 0 Å². The molecule has 1 heterocycles. The molecule has 4 heteroatoms. The van der Waals surface area contributed by atoms with Crippen LogP contribution in [0.5, 0.6) is 0 Å². The Morgan fingerprint density at radius 3 is 2.79 bits per heavy atom. The molecule has 1 aromatic carbocycles. The minimum absolute atomic E-state index is 0. The SMILES string of the molecule is [CH3][Ge][c]1ccn(-c2[c-]cccc2)n1.[Rh]. The molecule has 0 N–H and O–H groups in total. The fraction of sp³-hybridized carbons (Fsp3) is 0.100. The molecular formula is C10H9GeN2Rh-. The Kier molecular flexibility index (Phi) is 4.56. The maximum absolute atomic E-state index is 4.44. The molecule has 0 saturated heterocycles. The van der Waals surface area contributed by atoms with E-state index in [0.717, 1.165) is 5.69 Å². The van der Waals surface area contributed by atoms with Gasteiger partial charge in [-0.2, -0.15) is 0 Å². The standard InChI is InChI=1S/C10H9GeN2.Rh/c1-11-10-7-8-13(12-10)9-5-3-2-4-6-9;/h2-5,7-8H,1H3;/q-1;. The van der Waals surface area contributed by atoms with Crippen molar-refractivity contribution in [2.45, 2.75) is 5.76 Å².